The molecule has 5 nitrogen and oxygen atoms in total. The van der Waals surface area contributed by atoms with Crippen LogP contribution in [0.25, 0.3) is 0 Å². The van der Waals surface area contributed by atoms with Gasteiger partial charge < -0.3 is 14.7 Å². The second-order valence-corrected chi connectivity index (χ2v) is 6.83. The number of rotatable bonds is 5. The van der Waals surface area contributed by atoms with Gasteiger partial charge in [0.05, 0.1) is 13.2 Å². The molecular formula is C19H28N2O3. The zero-order valence-electron chi connectivity index (χ0n) is 14.5. The van der Waals surface area contributed by atoms with Gasteiger partial charge in [0.15, 0.2) is 0 Å². The van der Waals surface area contributed by atoms with Crippen molar-refractivity contribution in [2.45, 2.75) is 44.2 Å². The first-order valence-electron chi connectivity index (χ1n) is 9.00. The molecule has 0 unspecified atom stereocenters. The number of ether oxygens (including phenoxy) is 1. The zero-order chi connectivity index (χ0) is 16.9. The fraction of sp³-hybridized carbons (Fsp3) is 0.632. The largest absolute Gasteiger partial charge is 0.497 e. The lowest BCUT2D eigenvalue weighted by molar-refractivity contribution is -0.133. The number of methoxy groups -OCH3 is 1. The Kier molecular flexibility index (Phi) is 5.74. The summed E-state index contributed by atoms with van der Waals surface area (Å²) in [5.41, 5.74) is 1.13. The fourth-order valence-corrected chi connectivity index (χ4v) is 3.89. The van der Waals surface area contributed by atoms with E-state index in [-0.39, 0.29) is 12.0 Å². The van der Waals surface area contributed by atoms with Crippen LogP contribution in [0, 0.1) is 0 Å². The summed E-state index contributed by atoms with van der Waals surface area (Å²) in [5, 5.41) is 10.0. The third kappa shape index (κ3) is 4.08. The van der Waals surface area contributed by atoms with E-state index in [0.29, 0.717) is 12.5 Å². The van der Waals surface area contributed by atoms with Crippen LogP contribution in [0.3, 0.4) is 0 Å². The Balaban J connectivity index is 1.45. The molecule has 0 spiro atoms. The predicted octanol–water partition coefficient (Wildman–Crippen LogP) is 1.69. The second-order valence-electron chi connectivity index (χ2n) is 6.83. The molecule has 1 heterocycles. The van der Waals surface area contributed by atoms with E-state index in [2.05, 4.69) is 4.90 Å². The Hall–Kier alpha value is -1.59. The van der Waals surface area contributed by atoms with Crippen molar-refractivity contribution in [2.75, 3.05) is 33.3 Å². The molecule has 1 saturated heterocycles. The molecule has 3 rings (SSSR count). The van der Waals surface area contributed by atoms with Gasteiger partial charge in [-0.25, -0.2) is 0 Å². The number of aryl methyl sites for hydroxylation is 1. The van der Waals surface area contributed by atoms with Gasteiger partial charge >= 0.3 is 0 Å². The smallest absolute Gasteiger partial charge is 0.222 e. The van der Waals surface area contributed by atoms with Crippen LogP contribution in [0.1, 0.15) is 31.2 Å². The van der Waals surface area contributed by atoms with Crippen molar-refractivity contribution in [2.24, 2.45) is 0 Å². The quantitative estimate of drug-likeness (QED) is 0.891. The monoisotopic (exact) mass is 332 g/mol. The van der Waals surface area contributed by atoms with Gasteiger partial charge in [-0.2, -0.15) is 0 Å². The summed E-state index contributed by atoms with van der Waals surface area (Å²) in [6, 6.07) is 8.22. The summed E-state index contributed by atoms with van der Waals surface area (Å²) in [4.78, 5) is 16.8. The van der Waals surface area contributed by atoms with E-state index in [4.69, 9.17) is 4.74 Å². The Morgan fingerprint density at radius 2 is 2.04 bits per heavy atom. The van der Waals surface area contributed by atoms with E-state index in [1.165, 1.54) is 0 Å². The summed E-state index contributed by atoms with van der Waals surface area (Å²) in [6.45, 7) is 3.32. The number of hydrogen-bond donors (Lipinski definition) is 1. The van der Waals surface area contributed by atoms with Gasteiger partial charge in [-0.3, -0.25) is 9.69 Å². The number of hydrogen-bond acceptors (Lipinski definition) is 4. The van der Waals surface area contributed by atoms with Crippen molar-refractivity contribution >= 4 is 5.91 Å². The molecule has 0 radical (unpaired) electrons. The SMILES string of the molecule is COc1cccc(CCC(=O)N2CCN([C@H]3CCC[C@H]3O)CC2)c1. The molecule has 1 aliphatic carbocycles. The van der Waals surface area contributed by atoms with Crippen LogP contribution in [0.2, 0.25) is 0 Å². The number of nitrogens with zero attached hydrogens (tertiary/aromatic N) is 2. The highest BCUT2D eigenvalue weighted by molar-refractivity contribution is 5.76. The van der Waals surface area contributed by atoms with Crippen LogP contribution < -0.4 is 4.74 Å². The van der Waals surface area contributed by atoms with E-state index < -0.39 is 0 Å². The highest BCUT2D eigenvalue weighted by Crippen LogP contribution is 2.25. The average Bonchev–Trinajstić information content (AvgIpc) is 3.06. The van der Waals surface area contributed by atoms with Crippen LogP contribution >= 0.6 is 0 Å². The molecule has 5 heteroatoms. The second kappa shape index (κ2) is 7.99. The molecule has 1 aliphatic heterocycles. The molecule has 1 aromatic rings. The Morgan fingerprint density at radius 3 is 2.71 bits per heavy atom. The Labute approximate surface area is 144 Å². The number of amides is 1. The third-order valence-corrected chi connectivity index (χ3v) is 5.34. The minimum absolute atomic E-state index is 0.180. The number of aliphatic hydroxyl groups is 1. The van der Waals surface area contributed by atoms with E-state index in [9.17, 15) is 9.90 Å². The van der Waals surface area contributed by atoms with Crippen molar-refractivity contribution < 1.29 is 14.6 Å². The van der Waals surface area contributed by atoms with Crippen LogP contribution in [0.5, 0.6) is 5.75 Å². The Bertz CT molecular complexity index is 555. The van der Waals surface area contributed by atoms with Crippen molar-refractivity contribution in [3.8, 4) is 5.75 Å². The van der Waals surface area contributed by atoms with Gasteiger partial charge in [0.2, 0.25) is 5.91 Å². The molecule has 1 N–H and O–H groups in total. The Morgan fingerprint density at radius 1 is 1.25 bits per heavy atom. The van der Waals surface area contributed by atoms with E-state index in [1.807, 2.05) is 29.2 Å². The first-order valence-corrected chi connectivity index (χ1v) is 9.00. The molecular weight excluding hydrogens is 304 g/mol. The van der Waals surface area contributed by atoms with Gasteiger partial charge in [0.1, 0.15) is 5.75 Å². The van der Waals surface area contributed by atoms with Gasteiger partial charge in [0, 0.05) is 38.6 Å². The number of benzene rings is 1. The van der Waals surface area contributed by atoms with Crippen LogP contribution in [-0.4, -0.2) is 66.2 Å². The van der Waals surface area contributed by atoms with Crippen LogP contribution in [0.15, 0.2) is 24.3 Å². The summed E-state index contributed by atoms with van der Waals surface area (Å²) in [5.74, 6) is 1.06. The first kappa shape index (κ1) is 17.2. The molecule has 0 bridgehead atoms. The summed E-state index contributed by atoms with van der Waals surface area (Å²) in [6.07, 6.45) is 4.23. The summed E-state index contributed by atoms with van der Waals surface area (Å²) in [7, 11) is 1.66. The lowest BCUT2D eigenvalue weighted by Crippen LogP contribution is -2.53. The maximum atomic E-state index is 12.4. The third-order valence-electron chi connectivity index (χ3n) is 5.34. The molecule has 1 saturated carbocycles. The number of carbonyl (C=O) groups excluding carboxylic acids is 1. The topological polar surface area (TPSA) is 53.0 Å². The maximum absolute atomic E-state index is 12.4. The van der Waals surface area contributed by atoms with Gasteiger partial charge in [0.25, 0.3) is 0 Å². The normalized spacial score (nSPS) is 25.0. The highest BCUT2D eigenvalue weighted by Gasteiger charge is 2.33. The van der Waals surface area contributed by atoms with E-state index in [1.54, 1.807) is 7.11 Å². The first-order chi connectivity index (χ1) is 11.7. The van der Waals surface area contributed by atoms with Crippen molar-refractivity contribution in [3.05, 3.63) is 29.8 Å². The van der Waals surface area contributed by atoms with Crippen molar-refractivity contribution in [1.82, 2.24) is 9.80 Å². The number of aliphatic hydroxyl groups excluding tert-OH is 1. The predicted molar refractivity (Wildman–Crippen MR) is 93.1 cm³/mol. The minimum atomic E-state index is -0.180. The molecule has 2 atom stereocenters. The number of piperazine rings is 1. The van der Waals surface area contributed by atoms with Gasteiger partial charge in [-0.1, -0.05) is 12.1 Å². The zero-order valence-corrected chi connectivity index (χ0v) is 14.5. The van der Waals surface area contributed by atoms with Crippen molar-refractivity contribution in [3.63, 3.8) is 0 Å². The van der Waals surface area contributed by atoms with Crippen LogP contribution in [0.4, 0.5) is 0 Å². The molecule has 132 valence electrons. The lowest BCUT2D eigenvalue weighted by atomic mass is 10.1. The van der Waals surface area contributed by atoms with Gasteiger partial charge in [-0.05, 0) is 43.4 Å². The maximum Gasteiger partial charge on any atom is 0.222 e. The molecule has 2 fully saturated rings. The summed E-state index contributed by atoms with van der Waals surface area (Å²) >= 11 is 0. The average molecular weight is 332 g/mol. The molecule has 24 heavy (non-hydrogen) atoms. The molecule has 1 aromatic carbocycles. The lowest BCUT2D eigenvalue weighted by Gasteiger charge is -2.39. The molecule has 1 amide bonds. The fourth-order valence-electron chi connectivity index (χ4n) is 3.89. The van der Waals surface area contributed by atoms with Crippen LogP contribution in [-0.2, 0) is 11.2 Å². The van der Waals surface area contributed by atoms with E-state index >= 15 is 0 Å². The van der Waals surface area contributed by atoms with Crippen molar-refractivity contribution in [1.29, 1.82) is 0 Å². The standard InChI is InChI=1S/C19H28N2O3/c1-24-16-5-2-4-15(14-16)8-9-19(23)21-12-10-20(11-13-21)17-6-3-7-18(17)22/h2,4-5,14,17-18,22H,3,6-13H2,1H3/t17-,18+/m0/s1. The molecule has 2 aliphatic rings. The number of carbonyl (C=O) groups is 1. The van der Waals surface area contributed by atoms with Gasteiger partial charge in [-0.15, -0.1) is 0 Å². The molecule has 0 aromatic heterocycles. The highest BCUT2D eigenvalue weighted by atomic mass is 16.5. The van der Waals surface area contributed by atoms with E-state index in [0.717, 1.165) is 63.2 Å². The minimum Gasteiger partial charge on any atom is -0.497 e. The summed E-state index contributed by atoms with van der Waals surface area (Å²) < 4.78 is 5.23.